The zero-order valence-corrected chi connectivity index (χ0v) is 22.3. The van der Waals surface area contributed by atoms with Crippen molar-refractivity contribution >= 4 is 21.8 Å². The highest BCUT2D eigenvalue weighted by molar-refractivity contribution is 7.89. The van der Waals surface area contributed by atoms with Crippen molar-refractivity contribution in [2.45, 2.75) is 17.5 Å². The number of amides is 2. The standard InChI is InChI=1S/C28H30FN3O6S/c1-30-28(34)27(22-5-3-2-4-6-22)32(19-21-7-9-23(29)10-8-21)26(33)20-38-24-11-13-25(14-12-24)39(35,36)31-15-17-37-18-16-31/h2-14,27H,15-20H2,1H3,(H,30,34)/t27-/m1/s1. The number of ether oxygens (including phenoxy) is 2. The predicted octanol–water partition coefficient (Wildman–Crippen LogP) is 2.74. The Morgan fingerprint density at radius 1 is 1.00 bits per heavy atom. The van der Waals surface area contributed by atoms with E-state index >= 15 is 0 Å². The minimum atomic E-state index is -3.66. The lowest BCUT2D eigenvalue weighted by molar-refractivity contribution is -0.143. The van der Waals surface area contributed by atoms with Crippen molar-refractivity contribution in [1.29, 1.82) is 0 Å². The Bertz CT molecular complexity index is 1360. The molecule has 1 aliphatic rings. The van der Waals surface area contributed by atoms with Gasteiger partial charge in [-0.1, -0.05) is 42.5 Å². The van der Waals surface area contributed by atoms with Gasteiger partial charge in [-0.2, -0.15) is 4.31 Å². The van der Waals surface area contributed by atoms with Crippen LogP contribution in [0.15, 0.2) is 83.8 Å². The summed E-state index contributed by atoms with van der Waals surface area (Å²) < 4.78 is 51.5. The van der Waals surface area contributed by atoms with Gasteiger partial charge < -0.3 is 19.7 Å². The van der Waals surface area contributed by atoms with Crippen LogP contribution in [0.3, 0.4) is 0 Å². The molecule has 39 heavy (non-hydrogen) atoms. The molecule has 0 radical (unpaired) electrons. The molecule has 3 aromatic rings. The lowest BCUT2D eigenvalue weighted by Crippen LogP contribution is -2.44. The van der Waals surface area contributed by atoms with Crippen LogP contribution in [0.5, 0.6) is 5.75 Å². The van der Waals surface area contributed by atoms with Crippen LogP contribution >= 0.6 is 0 Å². The second kappa shape index (κ2) is 12.8. The van der Waals surface area contributed by atoms with Gasteiger partial charge in [0.05, 0.1) is 18.1 Å². The lowest BCUT2D eigenvalue weighted by Gasteiger charge is -2.31. The summed E-state index contributed by atoms with van der Waals surface area (Å²) in [5.41, 5.74) is 1.23. The lowest BCUT2D eigenvalue weighted by atomic mass is 10.0. The maximum atomic E-state index is 13.5. The van der Waals surface area contributed by atoms with E-state index in [4.69, 9.17) is 9.47 Å². The third-order valence-corrected chi connectivity index (χ3v) is 8.21. The second-order valence-corrected chi connectivity index (χ2v) is 10.8. The molecule has 1 saturated heterocycles. The number of carbonyl (C=O) groups excluding carboxylic acids is 2. The van der Waals surface area contributed by atoms with E-state index in [2.05, 4.69) is 5.32 Å². The Kier molecular flexibility index (Phi) is 9.28. The van der Waals surface area contributed by atoms with E-state index in [-0.39, 0.29) is 24.5 Å². The summed E-state index contributed by atoms with van der Waals surface area (Å²) in [6.45, 7) is 0.886. The molecule has 1 atom stereocenters. The number of nitrogens with one attached hydrogen (secondary N) is 1. The fourth-order valence-electron chi connectivity index (χ4n) is 4.23. The molecule has 0 aromatic heterocycles. The molecule has 9 nitrogen and oxygen atoms in total. The highest BCUT2D eigenvalue weighted by Crippen LogP contribution is 2.25. The van der Waals surface area contributed by atoms with Crippen LogP contribution < -0.4 is 10.1 Å². The molecule has 11 heteroatoms. The maximum absolute atomic E-state index is 13.5. The van der Waals surface area contributed by atoms with Crippen molar-refractivity contribution < 1.29 is 31.9 Å². The summed E-state index contributed by atoms with van der Waals surface area (Å²) in [6.07, 6.45) is 0. The van der Waals surface area contributed by atoms with E-state index in [1.807, 2.05) is 6.07 Å². The number of benzene rings is 3. The molecule has 2 amide bonds. The first-order valence-corrected chi connectivity index (χ1v) is 13.8. The molecule has 1 N–H and O–H groups in total. The van der Waals surface area contributed by atoms with E-state index in [9.17, 15) is 22.4 Å². The van der Waals surface area contributed by atoms with Gasteiger partial charge in [0.1, 0.15) is 17.6 Å². The molecule has 0 bridgehead atoms. The Morgan fingerprint density at radius 3 is 2.26 bits per heavy atom. The van der Waals surface area contributed by atoms with Gasteiger partial charge in [0.2, 0.25) is 15.9 Å². The molecular formula is C28H30FN3O6S. The SMILES string of the molecule is CNC(=O)[C@@H](c1ccccc1)N(Cc1ccc(F)cc1)C(=O)COc1ccc(S(=O)(=O)N2CCOCC2)cc1. The molecule has 1 aliphatic heterocycles. The van der Waals surface area contributed by atoms with Crippen LogP contribution in [0.2, 0.25) is 0 Å². The highest BCUT2D eigenvalue weighted by Gasteiger charge is 2.31. The van der Waals surface area contributed by atoms with E-state index in [1.165, 1.54) is 52.7 Å². The molecular weight excluding hydrogens is 525 g/mol. The highest BCUT2D eigenvalue weighted by atomic mass is 32.2. The number of nitrogens with zero attached hydrogens (tertiary/aromatic N) is 2. The summed E-state index contributed by atoms with van der Waals surface area (Å²) in [5.74, 6) is -0.997. The maximum Gasteiger partial charge on any atom is 0.261 e. The fourth-order valence-corrected chi connectivity index (χ4v) is 5.63. The third-order valence-electron chi connectivity index (χ3n) is 6.30. The Balaban J connectivity index is 1.53. The Morgan fingerprint density at radius 2 is 1.64 bits per heavy atom. The summed E-state index contributed by atoms with van der Waals surface area (Å²) in [4.78, 5) is 27.9. The van der Waals surface area contributed by atoms with Gasteiger partial charge in [-0.3, -0.25) is 9.59 Å². The normalized spacial score (nSPS) is 14.8. The Labute approximate surface area is 227 Å². The quantitative estimate of drug-likeness (QED) is 0.413. The van der Waals surface area contributed by atoms with E-state index in [0.717, 1.165) is 0 Å². The van der Waals surface area contributed by atoms with Crippen molar-refractivity contribution in [2.75, 3.05) is 40.0 Å². The molecule has 0 unspecified atom stereocenters. The van der Waals surface area contributed by atoms with Gasteiger partial charge in [-0.15, -0.1) is 0 Å². The predicted molar refractivity (Wildman–Crippen MR) is 142 cm³/mol. The first kappa shape index (κ1) is 28.2. The van der Waals surface area contributed by atoms with E-state index < -0.39 is 40.3 Å². The molecule has 4 rings (SSSR count). The average molecular weight is 556 g/mol. The molecule has 206 valence electrons. The monoisotopic (exact) mass is 555 g/mol. The second-order valence-electron chi connectivity index (χ2n) is 8.85. The molecule has 1 heterocycles. The molecule has 0 saturated carbocycles. The summed E-state index contributed by atoms with van der Waals surface area (Å²) >= 11 is 0. The van der Waals surface area contributed by atoms with Crippen molar-refractivity contribution in [2.24, 2.45) is 0 Å². The molecule has 1 fully saturated rings. The van der Waals surface area contributed by atoms with E-state index in [0.29, 0.717) is 30.1 Å². The average Bonchev–Trinajstić information content (AvgIpc) is 2.97. The number of likely N-dealkylation sites (N-methyl/N-ethyl adjacent to an activating group) is 1. The largest absolute Gasteiger partial charge is 0.484 e. The van der Waals surface area contributed by atoms with Crippen LogP contribution in [0.4, 0.5) is 4.39 Å². The van der Waals surface area contributed by atoms with Gasteiger partial charge in [-0.05, 0) is 47.5 Å². The third kappa shape index (κ3) is 6.99. The molecule has 3 aromatic carbocycles. The number of sulfonamides is 1. The number of hydrogen-bond donors (Lipinski definition) is 1. The van der Waals surface area contributed by atoms with Gasteiger partial charge in [0, 0.05) is 26.7 Å². The number of rotatable bonds is 10. The molecule has 0 aliphatic carbocycles. The number of carbonyl (C=O) groups is 2. The van der Waals surface area contributed by atoms with Crippen LogP contribution in [0.25, 0.3) is 0 Å². The minimum Gasteiger partial charge on any atom is -0.484 e. The van der Waals surface area contributed by atoms with Crippen molar-refractivity contribution in [3.8, 4) is 5.75 Å². The summed E-state index contributed by atoms with van der Waals surface area (Å²) in [6, 6.07) is 19.4. The van der Waals surface area contributed by atoms with Crippen molar-refractivity contribution in [1.82, 2.24) is 14.5 Å². The molecule has 0 spiro atoms. The number of hydrogen-bond acceptors (Lipinski definition) is 6. The van der Waals surface area contributed by atoms with Gasteiger partial charge >= 0.3 is 0 Å². The van der Waals surface area contributed by atoms with Gasteiger partial charge in [0.25, 0.3) is 5.91 Å². The van der Waals surface area contributed by atoms with Crippen LogP contribution in [-0.4, -0.2) is 69.4 Å². The minimum absolute atomic E-state index is 0.0339. The fraction of sp³-hybridized carbons (Fsp3) is 0.286. The topological polar surface area (TPSA) is 105 Å². The first-order chi connectivity index (χ1) is 18.8. The van der Waals surface area contributed by atoms with E-state index in [1.54, 1.807) is 36.4 Å². The summed E-state index contributed by atoms with van der Waals surface area (Å²) in [5, 5.41) is 2.61. The number of halogens is 1. The smallest absolute Gasteiger partial charge is 0.261 e. The van der Waals surface area contributed by atoms with Crippen molar-refractivity contribution in [3.05, 3.63) is 95.8 Å². The Hall–Kier alpha value is -3.80. The first-order valence-electron chi connectivity index (χ1n) is 12.4. The number of morpholine rings is 1. The van der Waals surface area contributed by atoms with Crippen molar-refractivity contribution in [3.63, 3.8) is 0 Å². The van der Waals surface area contributed by atoms with Gasteiger partial charge in [-0.25, -0.2) is 12.8 Å². The summed E-state index contributed by atoms with van der Waals surface area (Å²) in [7, 11) is -2.18. The zero-order chi connectivity index (χ0) is 27.8. The van der Waals surface area contributed by atoms with Crippen LogP contribution in [0, 0.1) is 5.82 Å². The zero-order valence-electron chi connectivity index (χ0n) is 21.5. The van der Waals surface area contributed by atoms with Gasteiger partial charge in [0.15, 0.2) is 6.61 Å². The van der Waals surface area contributed by atoms with Crippen LogP contribution in [-0.2, 0) is 30.9 Å². The van der Waals surface area contributed by atoms with Crippen LogP contribution in [0.1, 0.15) is 17.2 Å².